The molecule has 0 fully saturated rings. The van der Waals surface area contributed by atoms with Gasteiger partial charge < -0.3 is 4.74 Å². The van der Waals surface area contributed by atoms with Crippen LogP contribution in [0.4, 0.5) is 5.13 Å². The predicted molar refractivity (Wildman–Crippen MR) is 93.8 cm³/mol. The molecule has 0 saturated heterocycles. The summed E-state index contributed by atoms with van der Waals surface area (Å²) < 4.78 is 5.36. The highest BCUT2D eigenvalue weighted by Gasteiger charge is 2.11. The Labute approximate surface area is 149 Å². The second kappa shape index (κ2) is 7.27. The second-order valence-electron chi connectivity index (χ2n) is 4.30. The maximum Gasteiger partial charge on any atom is 0.264 e. The van der Waals surface area contributed by atoms with Gasteiger partial charge in [0.2, 0.25) is 5.13 Å². The van der Waals surface area contributed by atoms with Crippen molar-refractivity contribution in [2.24, 2.45) is 0 Å². The lowest BCUT2D eigenvalue weighted by atomic mass is 10.3. The topological polar surface area (TPSA) is 64.1 Å². The summed E-state index contributed by atoms with van der Waals surface area (Å²) in [5, 5.41) is 14.6. The van der Waals surface area contributed by atoms with Gasteiger partial charge in [0.05, 0.1) is 9.90 Å². The average molecular weight is 386 g/mol. The van der Waals surface area contributed by atoms with Gasteiger partial charge in [0.25, 0.3) is 5.91 Å². The highest BCUT2D eigenvalue weighted by molar-refractivity contribution is 7.23. The van der Waals surface area contributed by atoms with Crippen LogP contribution in [0.25, 0.3) is 9.88 Å². The Hall–Kier alpha value is -1.67. The number of carbonyl (C=O) groups is 1. The monoisotopic (exact) mass is 385 g/mol. The molecule has 0 radical (unpaired) electrons. The van der Waals surface area contributed by atoms with Crippen LogP contribution in [0.15, 0.2) is 35.7 Å². The number of rotatable bonds is 5. The fourth-order valence-corrected chi connectivity index (χ4v) is 3.68. The number of nitrogens with one attached hydrogen (secondary N) is 1. The molecule has 3 aromatic rings. The number of aromatic nitrogens is 2. The van der Waals surface area contributed by atoms with E-state index in [1.165, 1.54) is 11.3 Å². The van der Waals surface area contributed by atoms with E-state index in [9.17, 15) is 4.79 Å². The molecule has 0 aliphatic heterocycles. The third-order valence-electron chi connectivity index (χ3n) is 2.66. The molecular formula is C14H9Cl2N3O2S2. The summed E-state index contributed by atoms with van der Waals surface area (Å²) in [5.74, 6) is 0.0488. The number of amides is 1. The Morgan fingerprint density at radius 3 is 2.87 bits per heavy atom. The number of halogens is 2. The summed E-state index contributed by atoms with van der Waals surface area (Å²) in [6.45, 7) is -0.185. The van der Waals surface area contributed by atoms with E-state index in [0.29, 0.717) is 20.9 Å². The average Bonchev–Trinajstić information content (AvgIpc) is 3.17. The van der Waals surface area contributed by atoms with Gasteiger partial charge in [-0.2, -0.15) is 0 Å². The first-order valence-electron chi connectivity index (χ1n) is 6.37. The van der Waals surface area contributed by atoms with E-state index >= 15 is 0 Å². The van der Waals surface area contributed by atoms with E-state index in [1.54, 1.807) is 29.5 Å². The van der Waals surface area contributed by atoms with Crippen molar-refractivity contribution in [1.82, 2.24) is 10.2 Å². The molecule has 1 amide bonds. The van der Waals surface area contributed by atoms with Gasteiger partial charge in [-0.05, 0) is 29.6 Å². The molecular weight excluding hydrogens is 377 g/mol. The molecule has 3 rings (SSSR count). The van der Waals surface area contributed by atoms with Crippen molar-refractivity contribution in [3.63, 3.8) is 0 Å². The van der Waals surface area contributed by atoms with E-state index in [2.05, 4.69) is 15.5 Å². The molecule has 0 unspecified atom stereocenters. The number of nitrogens with zero attached hydrogens (tertiary/aromatic N) is 2. The van der Waals surface area contributed by atoms with Crippen molar-refractivity contribution < 1.29 is 9.53 Å². The smallest absolute Gasteiger partial charge is 0.264 e. The van der Waals surface area contributed by atoms with Crippen LogP contribution in [0.1, 0.15) is 0 Å². The minimum Gasteiger partial charge on any atom is -0.482 e. The van der Waals surface area contributed by atoms with Crippen LogP contribution in [0.3, 0.4) is 0 Å². The highest BCUT2D eigenvalue weighted by Crippen LogP contribution is 2.30. The van der Waals surface area contributed by atoms with Crippen LogP contribution in [0.5, 0.6) is 5.75 Å². The van der Waals surface area contributed by atoms with Crippen molar-refractivity contribution in [2.75, 3.05) is 11.9 Å². The fourth-order valence-electron chi connectivity index (χ4n) is 1.66. The van der Waals surface area contributed by atoms with Gasteiger partial charge in [0.1, 0.15) is 5.75 Å². The van der Waals surface area contributed by atoms with Crippen LogP contribution in [-0.4, -0.2) is 22.7 Å². The van der Waals surface area contributed by atoms with E-state index < -0.39 is 0 Å². The normalized spacial score (nSPS) is 10.5. The molecule has 0 saturated carbocycles. The standard InChI is InChI=1S/C14H9Cl2N3O2S2/c15-8-3-4-10(9(16)6-8)21-7-12(20)17-14-19-18-13(23-14)11-2-1-5-22-11/h1-6H,7H2,(H,17,19,20). The summed E-state index contributed by atoms with van der Waals surface area (Å²) in [6.07, 6.45) is 0. The number of ether oxygens (including phenoxy) is 1. The number of carbonyl (C=O) groups excluding carboxylic acids is 1. The lowest BCUT2D eigenvalue weighted by molar-refractivity contribution is -0.118. The number of benzene rings is 1. The third-order valence-corrected chi connectivity index (χ3v) is 5.06. The van der Waals surface area contributed by atoms with Crippen molar-refractivity contribution in [1.29, 1.82) is 0 Å². The van der Waals surface area contributed by atoms with Gasteiger partial charge in [-0.25, -0.2) is 0 Å². The van der Waals surface area contributed by atoms with E-state index in [4.69, 9.17) is 27.9 Å². The van der Waals surface area contributed by atoms with Gasteiger partial charge in [-0.1, -0.05) is 40.6 Å². The summed E-state index contributed by atoms with van der Waals surface area (Å²) in [4.78, 5) is 12.9. The lowest BCUT2D eigenvalue weighted by Gasteiger charge is -2.07. The second-order valence-corrected chi connectivity index (χ2v) is 7.07. The van der Waals surface area contributed by atoms with Crippen molar-refractivity contribution >= 4 is 56.9 Å². The summed E-state index contributed by atoms with van der Waals surface area (Å²) in [6, 6.07) is 8.68. The van der Waals surface area contributed by atoms with Crippen LogP contribution >= 0.6 is 45.9 Å². The van der Waals surface area contributed by atoms with E-state index in [-0.39, 0.29) is 12.5 Å². The first-order chi connectivity index (χ1) is 11.1. The van der Waals surface area contributed by atoms with E-state index in [0.717, 1.165) is 9.88 Å². The van der Waals surface area contributed by atoms with Gasteiger partial charge >= 0.3 is 0 Å². The zero-order valence-corrected chi connectivity index (χ0v) is 14.6. The lowest BCUT2D eigenvalue weighted by Crippen LogP contribution is -2.20. The number of anilines is 1. The molecule has 0 aliphatic carbocycles. The molecule has 118 valence electrons. The Kier molecular flexibility index (Phi) is 5.12. The number of thiophene rings is 1. The quantitative estimate of drug-likeness (QED) is 0.697. The van der Waals surface area contributed by atoms with Gasteiger partial charge in [-0.15, -0.1) is 21.5 Å². The van der Waals surface area contributed by atoms with Crippen LogP contribution in [0, 0.1) is 0 Å². The largest absolute Gasteiger partial charge is 0.482 e. The molecule has 5 nitrogen and oxygen atoms in total. The molecule has 1 N–H and O–H groups in total. The van der Waals surface area contributed by atoms with Crippen LogP contribution < -0.4 is 10.1 Å². The van der Waals surface area contributed by atoms with E-state index in [1.807, 2.05) is 17.5 Å². The summed E-state index contributed by atoms with van der Waals surface area (Å²) in [7, 11) is 0. The first kappa shape index (κ1) is 16.2. The fraction of sp³-hybridized carbons (Fsp3) is 0.0714. The molecule has 0 bridgehead atoms. The maximum atomic E-state index is 11.9. The van der Waals surface area contributed by atoms with Crippen LogP contribution in [-0.2, 0) is 4.79 Å². The Morgan fingerprint density at radius 1 is 1.26 bits per heavy atom. The molecule has 0 atom stereocenters. The molecule has 2 aromatic heterocycles. The van der Waals surface area contributed by atoms with Crippen molar-refractivity contribution in [3.8, 4) is 15.6 Å². The Bertz CT molecular complexity index is 821. The Balaban J connectivity index is 1.57. The third kappa shape index (κ3) is 4.20. The minimum atomic E-state index is -0.343. The zero-order valence-electron chi connectivity index (χ0n) is 11.5. The Morgan fingerprint density at radius 2 is 2.13 bits per heavy atom. The SMILES string of the molecule is O=C(COc1ccc(Cl)cc1Cl)Nc1nnc(-c2cccs2)s1. The molecule has 1 aromatic carbocycles. The highest BCUT2D eigenvalue weighted by atomic mass is 35.5. The number of hydrogen-bond acceptors (Lipinski definition) is 6. The van der Waals surface area contributed by atoms with Gasteiger partial charge in [-0.3, -0.25) is 10.1 Å². The minimum absolute atomic E-state index is 0.185. The molecule has 2 heterocycles. The number of hydrogen-bond donors (Lipinski definition) is 1. The molecule has 9 heteroatoms. The van der Waals surface area contributed by atoms with Crippen LogP contribution in [0.2, 0.25) is 10.0 Å². The first-order valence-corrected chi connectivity index (χ1v) is 8.82. The maximum absolute atomic E-state index is 11.9. The molecule has 0 aliphatic rings. The molecule has 23 heavy (non-hydrogen) atoms. The zero-order chi connectivity index (χ0) is 16.2. The van der Waals surface area contributed by atoms with Crippen molar-refractivity contribution in [3.05, 3.63) is 45.8 Å². The van der Waals surface area contributed by atoms with Gasteiger partial charge in [0.15, 0.2) is 11.6 Å². The predicted octanol–water partition coefficient (Wildman–Crippen LogP) is 4.59. The van der Waals surface area contributed by atoms with Gasteiger partial charge in [0, 0.05) is 5.02 Å². The molecule has 0 spiro atoms. The summed E-state index contributed by atoms with van der Waals surface area (Å²) >= 11 is 14.6. The summed E-state index contributed by atoms with van der Waals surface area (Å²) in [5.41, 5.74) is 0. The van der Waals surface area contributed by atoms with Crippen molar-refractivity contribution in [2.45, 2.75) is 0 Å².